The summed E-state index contributed by atoms with van der Waals surface area (Å²) in [6.07, 6.45) is 1.97. The van der Waals surface area contributed by atoms with E-state index < -0.39 is 10.0 Å². The lowest BCUT2D eigenvalue weighted by Gasteiger charge is -2.17. The molecule has 1 aliphatic heterocycles. The molecule has 2 atom stereocenters. The molecule has 1 aromatic rings. The second kappa shape index (κ2) is 6.22. The van der Waals surface area contributed by atoms with Crippen LogP contribution < -0.4 is 10.0 Å². The second-order valence-corrected chi connectivity index (χ2v) is 7.20. The van der Waals surface area contributed by atoms with Crippen LogP contribution in [0.5, 0.6) is 0 Å². The van der Waals surface area contributed by atoms with Gasteiger partial charge in [0.25, 0.3) is 0 Å². The van der Waals surface area contributed by atoms with Crippen molar-refractivity contribution in [3.8, 4) is 0 Å². The highest BCUT2D eigenvalue weighted by molar-refractivity contribution is 7.89. The zero-order chi connectivity index (χ0) is 13.9. The minimum atomic E-state index is -3.28. The van der Waals surface area contributed by atoms with Gasteiger partial charge in [0.1, 0.15) is 0 Å². The Kier molecular flexibility index (Phi) is 4.84. The minimum absolute atomic E-state index is 0.0732. The van der Waals surface area contributed by atoms with Crippen molar-refractivity contribution in [3.05, 3.63) is 34.9 Å². The molecule has 1 aliphatic rings. The van der Waals surface area contributed by atoms with Crippen LogP contribution in [-0.4, -0.2) is 26.8 Å². The summed E-state index contributed by atoms with van der Waals surface area (Å²) in [5.74, 6) is 0.137. The van der Waals surface area contributed by atoms with Gasteiger partial charge in [-0.1, -0.05) is 23.7 Å². The van der Waals surface area contributed by atoms with Gasteiger partial charge in [-0.2, -0.15) is 0 Å². The molecule has 0 amide bonds. The van der Waals surface area contributed by atoms with Crippen LogP contribution in [0.25, 0.3) is 0 Å². The van der Waals surface area contributed by atoms with Crippen LogP contribution in [0, 0.1) is 0 Å². The molecule has 2 N–H and O–H groups in total. The largest absolute Gasteiger partial charge is 0.313 e. The van der Waals surface area contributed by atoms with E-state index in [4.69, 9.17) is 11.6 Å². The van der Waals surface area contributed by atoms with Crippen LogP contribution >= 0.6 is 11.6 Å². The highest BCUT2D eigenvalue weighted by Gasteiger charge is 2.23. The van der Waals surface area contributed by atoms with E-state index in [9.17, 15) is 8.42 Å². The van der Waals surface area contributed by atoms with Crippen molar-refractivity contribution in [1.82, 2.24) is 10.0 Å². The van der Waals surface area contributed by atoms with Crippen molar-refractivity contribution in [3.63, 3.8) is 0 Å². The highest BCUT2D eigenvalue weighted by atomic mass is 35.5. The first-order chi connectivity index (χ1) is 8.96. The number of hydrogen-bond donors (Lipinski definition) is 2. The summed E-state index contributed by atoms with van der Waals surface area (Å²) in [7, 11) is -3.28. The van der Waals surface area contributed by atoms with Crippen LogP contribution in [0.3, 0.4) is 0 Å². The van der Waals surface area contributed by atoms with E-state index in [1.165, 1.54) is 0 Å². The quantitative estimate of drug-likeness (QED) is 0.875. The van der Waals surface area contributed by atoms with E-state index in [1.54, 1.807) is 12.1 Å². The smallest absolute Gasteiger partial charge is 0.213 e. The Labute approximate surface area is 119 Å². The third-order valence-corrected chi connectivity index (χ3v) is 5.08. The van der Waals surface area contributed by atoms with E-state index in [-0.39, 0.29) is 17.8 Å². The summed E-state index contributed by atoms with van der Waals surface area (Å²) < 4.78 is 26.8. The molecular weight excluding hydrogens is 284 g/mol. The predicted octanol–water partition coefficient (Wildman–Crippen LogP) is 2.07. The van der Waals surface area contributed by atoms with Crippen molar-refractivity contribution in [2.45, 2.75) is 31.8 Å². The number of hydrogen-bond acceptors (Lipinski definition) is 3. The molecule has 0 bridgehead atoms. The normalized spacial score (nSPS) is 21.5. The topological polar surface area (TPSA) is 58.2 Å². The van der Waals surface area contributed by atoms with E-state index in [1.807, 2.05) is 19.1 Å². The lowest BCUT2D eigenvalue weighted by Crippen LogP contribution is -2.37. The van der Waals surface area contributed by atoms with Crippen molar-refractivity contribution in [2.24, 2.45) is 0 Å². The van der Waals surface area contributed by atoms with Crippen LogP contribution in [0.2, 0.25) is 5.02 Å². The van der Waals surface area contributed by atoms with Gasteiger partial charge in [-0.3, -0.25) is 0 Å². The van der Waals surface area contributed by atoms with Gasteiger partial charge in [0.15, 0.2) is 0 Å². The zero-order valence-electron chi connectivity index (χ0n) is 10.9. The molecule has 106 valence electrons. The average molecular weight is 303 g/mol. The summed E-state index contributed by atoms with van der Waals surface area (Å²) in [5, 5.41) is 3.81. The van der Waals surface area contributed by atoms with Gasteiger partial charge in [-0.25, -0.2) is 13.1 Å². The van der Waals surface area contributed by atoms with Gasteiger partial charge in [0.2, 0.25) is 10.0 Å². The zero-order valence-corrected chi connectivity index (χ0v) is 12.5. The van der Waals surface area contributed by atoms with Crippen molar-refractivity contribution >= 4 is 21.6 Å². The van der Waals surface area contributed by atoms with E-state index in [0.29, 0.717) is 5.02 Å². The number of nitrogens with one attached hydrogen (secondary N) is 2. The van der Waals surface area contributed by atoms with Gasteiger partial charge in [0.05, 0.1) is 5.75 Å². The molecule has 1 aromatic carbocycles. The number of halogens is 1. The molecule has 19 heavy (non-hydrogen) atoms. The first-order valence-corrected chi connectivity index (χ1v) is 8.48. The molecule has 2 rings (SSSR count). The first kappa shape index (κ1) is 14.8. The molecule has 0 radical (unpaired) electrons. The summed E-state index contributed by atoms with van der Waals surface area (Å²) in [4.78, 5) is 0. The van der Waals surface area contributed by atoms with E-state index in [2.05, 4.69) is 10.0 Å². The Morgan fingerprint density at radius 1 is 1.53 bits per heavy atom. The standard InChI is InChI=1S/C13H19ClN2O2S/c1-10(11-4-2-5-12(14)8-11)16-19(17,18)9-13-6-3-7-15-13/h2,4-5,8,10,13,15-16H,3,6-7,9H2,1H3. The Morgan fingerprint density at radius 2 is 2.32 bits per heavy atom. The Balaban J connectivity index is 1.98. The molecule has 1 fully saturated rings. The summed E-state index contributed by atoms with van der Waals surface area (Å²) in [6.45, 7) is 2.73. The molecule has 1 heterocycles. The van der Waals surface area contributed by atoms with Crippen LogP contribution in [0.1, 0.15) is 31.4 Å². The van der Waals surface area contributed by atoms with Crippen LogP contribution in [0.15, 0.2) is 24.3 Å². The monoisotopic (exact) mass is 302 g/mol. The van der Waals surface area contributed by atoms with E-state index in [0.717, 1.165) is 24.9 Å². The van der Waals surface area contributed by atoms with Crippen molar-refractivity contribution in [2.75, 3.05) is 12.3 Å². The Hall–Kier alpha value is -0.620. The molecule has 0 aromatic heterocycles. The Morgan fingerprint density at radius 3 is 2.95 bits per heavy atom. The maximum Gasteiger partial charge on any atom is 0.213 e. The third-order valence-electron chi connectivity index (χ3n) is 3.29. The summed E-state index contributed by atoms with van der Waals surface area (Å²) in [5.41, 5.74) is 0.871. The minimum Gasteiger partial charge on any atom is -0.313 e. The fraction of sp³-hybridized carbons (Fsp3) is 0.538. The van der Waals surface area contributed by atoms with E-state index >= 15 is 0 Å². The van der Waals surface area contributed by atoms with Gasteiger partial charge in [-0.15, -0.1) is 0 Å². The first-order valence-electron chi connectivity index (χ1n) is 6.45. The number of sulfonamides is 1. The SMILES string of the molecule is CC(NS(=O)(=O)CC1CCCN1)c1cccc(Cl)c1. The summed E-state index contributed by atoms with van der Waals surface area (Å²) in [6, 6.07) is 7.04. The van der Waals surface area contributed by atoms with Gasteiger partial charge >= 0.3 is 0 Å². The number of rotatable bonds is 5. The molecule has 0 saturated carbocycles. The molecule has 1 saturated heterocycles. The van der Waals surface area contributed by atoms with Crippen molar-refractivity contribution in [1.29, 1.82) is 0 Å². The van der Waals surface area contributed by atoms with Gasteiger partial charge in [0, 0.05) is 17.1 Å². The lowest BCUT2D eigenvalue weighted by molar-refractivity contribution is 0.551. The fourth-order valence-corrected chi connectivity index (χ4v) is 4.11. The molecular formula is C13H19ClN2O2S. The highest BCUT2D eigenvalue weighted by Crippen LogP contribution is 2.18. The van der Waals surface area contributed by atoms with Gasteiger partial charge in [-0.05, 0) is 44.0 Å². The molecule has 0 aliphatic carbocycles. The molecule has 4 nitrogen and oxygen atoms in total. The average Bonchev–Trinajstić information content (AvgIpc) is 2.80. The molecule has 2 unspecified atom stereocenters. The van der Waals surface area contributed by atoms with Crippen molar-refractivity contribution < 1.29 is 8.42 Å². The Bertz CT molecular complexity index is 527. The summed E-state index contributed by atoms with van der Waals surface area (Å²) >= 11 is 5.91. The predicted molar refractivity (Wildman–Crippen MR) is 77.8 cm³/mol. The second-order valence-electron chi connectivity index (χ2n) is 4.97. The van der Waals surface area contributed by atoms with Crippen LogP contribution in [0.4, 0.5) is 0 Å². The molecule has 0 spiro atoms. The molecule has 6 heteroatoms. The fourth-order valence-electron chi connectivity index (χ4n) is 2.33. The maximum absolute atomic E-state index is 12.1. The lowest BCUT2D eigenvalue weighted by atomic mass is 10.1. The van der Waals surface area contributed by atoms with Crippen LogP contribution in [-0.2, 0) is 10.0 Å². The third kappa shape index (κ3) is 4.45. The van der Waals surface area contributed by atoms with Gasteiger partial charge < -0.3 is 5.32 Å². The maximum atomic E-state index is 12.1. The number of benzene rings is 1.